The van der Waals surface area contributed by atoms with Crippen LogP contribution in [0.5, 0.6) is 5.75 Å². The Morgan fingerprint density at radius 3 is 2.60 bits per heavy atom. The van der Waals surface area contributed by atoms with E-state index < -0.39 is 12.0 Å². The molecule has 1 atom stereocenters. The van der Waals surface area contributed by atoms with Crippen molar-refractivity contribution < 1.29 is 14.6 Å². The molecule has 0 amide bonds. The van der Waals surface area contributed by atoms with Crippen LogP contribution in [-0.2, 0) is 10.2 Å². The monoisotopic (exact) mass is 277 g/mol. The normalized spacial score (nSPS) is 16.8. The molecule has 1 unspecified atom stereocenters. The largest absolute Gasteiger partial charge is 0.491 e. The molecule has 1 aromatic carbocycles. The Kier molecular flexibility index (Phi) is 4.33. The Morgan fingerprint density at radius 2 is 2.05 bits per heavy atom. The van der Waals surface area contributed by atoms with Crippen molar-refractivity contribution in [3.8, 4) is 5.75 Å². The van der Waals surface area contributed by atoms with Gasteiger partial charge in [0, 0.05) is 6.04 Å². The van der Waals surface area contributed by atoms with Gasteiger partial charge < -0.3 is 9.84 Å². The molecule has 1 fully saturated rings. The van der Waals surface area contributed by atoms with E-state index in [-0.39, 0.29) is 12.0 Å². The van der Waals surface area contributed by atoms with Crippen LogP contribution < -0.4 is 10.1 Å². The number of ether oxygens (including phenoxy) is 1. The first-order chi connectivity index (χ1) is 9.38. The Balaban J connectivity index is 2.03. The van der Waals surface area contributed by atoms with Crippen LogP contribution in [0.2, 0.25) is 0 Å². The smallest absolute Gasteiger partial charge is 0.324 e. The summed E-state index contributed by atoms with van der Waals surface area (Å²) in [7, 11) is 0. The number of carboxylic acids is 1. The molecule has 0 heterocycles. The van der Waals surface area contributed by atoms with E-state index in [1.165, 1.54) is 0 Å². The second-order valence-electron chi connectivity index (χ2n) is 6.39. The van der Waals surface area contributed by atoms with Crippen molar-refractivity contribution in [2.24, 2.45) is 0 Å². The van der Waals surface area contributed by atoms with Crippen molar-refractivity contribution in [3.63, 3.8) is 0 Å². The Labute approximate surface area is 120 Å². The molecule has 0 aliphatic heterocycles. The first kappa shape index (κ1) is 14.9. The molecule has 0 spiro atoms. The summed E-state index contributed by atoms with van der Waals surface area (Å²) in [5.41, 5.74) is 1.06. The predicted octanol–water partition coefficient (Wildman–Crippen LogP) is 2.57. The van der Waals surface area contributed by atoms with Crippen molar-refractivity contribution in [2.75, 3.05) is 6.61 Å². The summed E-state index contributed by atoms with van der Waals surface area (Å²) in [5, 5.41) is 12.3. The summed E-state index contributed by atoms with van der Waals surface area (Å²) >= 11 is 0. The fourth-order valence-electron chi connectivity index (χ4n) is 2.11. The van der Waals surface area contributed by atoms with Gasteiger partial charge in [-0.3, -0.25) is 10.1 Å². The zero-order valence-electron chi connectivity index (χ0n) is 12.3. The second-order valence-corrected chi connectivity index (χ2v) is 6.39. The van der Waals surface area contributed by atoms with Gasteiger partial charge >= 0.3 is 5.97 Å². The highest BCUT2D eigenvalue weighted by Crippen LogP contribution is 2.31. The lowest BCUT2D eigenvalue weighted by molar-refractivity contribution is -0.140. The van der Waals surface area contributed by atoms with Crippen LogP contribution in [0.3, 0.4) is 0 Å². The van der Waals surface area contributed by atoms with Gasteiger partial charge in [0.2, 0.25) is 0 Å². The highest BCUT2D eigenvalue weighted by molar-refractivity contribution is 5.73. The van der Waals surface area contributed by atoms with Gasteiger partial charge in [-0.15, -0.1) is 0 Å². The summed E-state index contributed by atoms with van der Waals surface area (Å²) in [5.74, 6) is -0.0889. The van der Waals surface area contributed by atoms with Gasteiger partial charge in [0.05, 0.1) is 0 Å². The van der Waals surface area contributed by atoms with Crippen LogP contribution in [0.15, 0.2) is 24.3 Å². The lowest BCUT2D eigenvalue weighted by Gasteiger charge is -2.23. The van der Waals surface area contributed by atoms with Gasteiger partial charge in [0.1, 0.15) is 18.4 Å². The van der Waals surface area contributed by atoms with Crippen LogP contribution in [0.4, 0.5) is 0 Å². The van der Waals surface area contributed by atoms with Crippen LogP contribution >= 0.6 is 0 Å². The molecule has 110 valence electrons. The highest BCUT2D eigenvalue weighted by Gasteiger charge is 2.29. The third-order valence-corrected chi connectivity index (χ3v) is 3.41. The SMILES string of the molecule is CC(C)(C)c1ccccc1OCC(NC1CC1)C(=O)O. The minimum absolute atomic E-state index is 0.0285. The lowest BCUT2D eigenvalue weighted by atomic mass is 9.86. The predicted molar refractivity (Wildman–Crippen MR) is 78.2 cm³/mol. The zero-order valence-corrected chi connectivity index (χ0v) is 12.3. The van der Waals surface area contributed by atoms with Crippen LogP contribution in [0.25, 0.3) is 0 Å². The number of carboxylic acid groups (broad SMARTS) is 1. The van der Waals surface area contributed by atoms with Crippen molar-refractivity contribution in [2.45, 2.75) is 51.1 Å². The molecule has 2 rings (SSSR count). The van der Waals surface area contributed by atoms with Crippen molar-refractivity contribution in [3.05, 3.63) is 29.8 Å². The number of carbonyl (C=O) groups is 1. The lowest BCUT2D eigenvalue weighted by Crippen LogP contribution is -2.42. The average molecular weight is 277 g/mol. The van der Waals surface area contributed by atoms with Gasteiger partial charge in [-0.05, 0) is 29.9 Å². The molecule has 4 heteroatoms. The van der Waals surface area contributed by atoms with E-state index in [0.717, 1.165) is 24.2 Å². The molecule has 20 heavy (non-hydrogen) atoms. The van der Waals surface area contributed by atoms with E-state index in [1.807, 2.05) is 24.3 Å². The summed E-state index contributed by atoms with van der Waals surface area (Å²) in [6.45, 7) is 6.50. The Hall–Kier alpha value is -1.55. The molecule has 0 radical (unpaired) electrons. The van der Waals surface area contributed by atoms with E-state index in [4.69, 9.17) is 4.74 Å². The number of para-hydroxylation sites is 1. The summed E-state index contributed by atoms with van der Waals surface area (Å²) < 4.78 is 5.77. The quantitative estimate of drug-likeness (QED) is 0.839. The topological polar surface area (TPSA) is 58.6 Å². The van der Waals surface area contributed by atoms with Crippen molar-refractivity contribution >= 4 is 5.97 Å². The molecule has 0 bridgehead atoms. The molecule has 1 aliphatic rings. The average Bonchev–Trinajstić information content (AvgIpc) is 3.17. The number of aliphatic carboxylic acids is 1. The molecule has 1 saturated carbocycles. The molecule has 1 aliphatic carbocycles. The maximum Gasteiger partial charge on any atom is 0.324 e. The number of nitrogens with one attached hydrogen (secondary N) is 1. The highest BCUT2D eigenvalue weighted by atomic mass is 16.5. The molecule has 2 N–H and O–H groups in total. The number of benzene rings is 1. The van der Waals surface area contributed by atoms with Gasteiger partial charge in [-0.2, -0.15) is 0 Å². The minimum atomic E-state index is -0.856. The van der Waals surface area contributed by atoms with Crippen LogP contribution in [0, 0.1) is 0 Å². The zero-order chi connectivity index (χ0) is 14.8. The summed E-state index contributed by atoms with van der Waals surface area (Å²) in [4.78, 5) is 11.2. The standard InChI is InChI=1S/C16H23NO3/c1-16(2,3)12-6-4-5-7-14(12)20-10-13(15(18)19)17-11-8-9-11/h4-7,11,13,17H,8-10H2,1-3H3,(H,18,19). The Morgan fingerprint density at radius 1 is 1.40 bits per heavy atom. The third kappa shape index (κ3) is 3.97. The van der Waals surface area contributed by atoms with Crippen molar-refractivity contribution in [1.82, 2.24) is 5.32 Å². The Bertz CT molecular complexity index is 475. The minimum Gasteiger partial charge on any atom is -0.491 e. The molecule has 1 aromatic rings. The first-order valence-corrected chi connectivity index (χ1v) is 7.09. The fourth-order valence-corrected chi connectivity index (χ4v) is 2.11. The number of rotatable bonds is 6. The summed E-state index contributed by atoms with van der Waals surface area (Å²) in [6.07, 6.45) is 2.12. The van der Waals surface area contributed by atoms with E-state index in [2.05, 4.69) is 26.1 Å². The maximum atomic E-state index is 11.2. The summed E-state index contributed by atoms with van der Waals surface area (Å²) in [6, 6.07) is 7.52. The van der Waals surface area contributed by atoms with E-state index in [9.17, 15) is 9.90 Å². The molecule has 0 aromatic heterocycles. The number of hydrogen-bond acceptors (Lipinski definition) is 3. The van der Waals surface area contributed by atoms with E-state index in [1.54, 1.807) is 0 Å². The van der Waals surface area contributed by atoms with Gasteiger partial charge in [0.25, 0.3) is 0 Å². The second kappa shape index (κ2) is 5.83. The molecule has 4 nitrogen and oxygen atoms in total. The van der Waals surface area contributed by atoms with Crippen LogP contribution in [-0.4, -0.2) is 29.8 Å². The first-order valence-electron chi connectivity index (χ1n) is 7.09. The fraction of sp³-hybridized carbons (Fsp3) is 0.562. The van der Waals surface area contributed by atoms with Crippen LogP contribution in [0.1, 0.15) is 39.2 Å². The molecule has 0 saturated heterocycles. The maximum absolute atomic E-state index is 11.2. The van der Waals surface area contributed by atoms with Gasteiger partial charge in [-0.25, -0.2) is 0 Å². The van der Waals surface area contributed by atoms with E-state index in [0.29, 0.717) is 6.04 Å². The third-order valence-electron chi connectivity index (χ3n) is 3.41. The van der Waals surface area contributed by atoms with Gasteiger partial charge in [-0.1, -0.05) is 39.0 Å². The molecular weight excluding hydrogens is 254 g/mol. The number of hydrogen-bond donors (Lipinski definition) is 2. The van der Waals surface area contributed by atoms with Crippen molar-refractivity contribution in [1.29, 1.82) is 0 Å². The van der Waals surface area contributed by atoms with E-state index >= 15 is 0 Å². The van der Waals surface area contributed by atoms with Gasteiger partial charge in [0.15, 0.2) is 0 Å². The molecular formula is C16H23NO3.